The lowest BCUT2D eigenvalue weighted by atomic mass is 10.2. The molecule has 0 radical (unpaired) electrons. The Morgan fingerprint density at radius 1 is 1.30 bits per heavy atom. The Kier molecular flexibility index (Phi) is 3.67. The molecular formula is C12H8F3NO3S. The van der Waals surface area contributed by atoms with Crippen molar-refractivity contribution in [2.75, 3.05) is 0 Å². The molecule has 0 saturated carbocycles. The van der Waals surface area contributed by atoms with Gasteiger partial charge >= 0.3 is 12.1 Å². The van der Waals surface area contributed by atoms with Gasteiger partial charge in [0.2, 0.25) is 0 Å². The van der Waals surface area contributed by atoms with Crippen LogP contribution in [0.25, 0.3) is 0 Å². The number of alkyl halides is 3. The summed E-state index contributed by atoms with van der Waals surface area (Å²) in [5.41, 5.74) is -1.77. The summed E-state index contributed by atoms with van der Waals surface area (Å²) < 4.78 is 39.1. The maximum atomic E-state index is 12.8. The minimum absolute atomic E-state index is 0.0751. The van der Waals surface area contributed by atoms with Crippen LogP contribution in [0, 0.1) is 0 Å². The zero-order valence-electron chi connectivity index (χ0n) is 9.85. The smallest absolute Gasteiger partial charge is 0.431 e. The van der Waals surface area contributed by atoms with Crippen LogP contribution in [0.3, 0.4) is 0 Å². The van der Waals surface area contributed by atoms with Gasteiger partial charge in [0.15, 0.2) is 0 Å². The van der Waals surface area contributed by atoms with Crippen molar-refractivity contribution >= 4 is 17.3 Å². The largest absolute Gasteiger partial charge is 0.477 e. The summed E-state index contributed by atoms with van der Waals surface area (Å²) in [5, 5.41) is 10.4. The molecule has 0 spiro atoms. The lowest BCUT2D eigenvalue weighted by Crippen LogP contribution is -2.27. The molecule has 8 heteroatoms. The van der Waals surface area contributed by atoms with Crippen LogP contribution in [0.1, 0.15) is 20.9 Å². The molecule has 0 aromatic carbocycles. The van der Waals surface area contributed by atoms with E-state index in [1.807, 2.05) is 0 Å². The van der Waals surface area contributed by atoms with Crippen molar-refractivity contribution in [3.63, 3.8) is 0 Å². The van der Waals surface area contributed by atoms with E-state index in [-0.39, 0.29) is 10.4 Å². The number of nitrogens with zero attached hydrogens (tertiary/aromatic N) is 1. The van der Waals surface area contributed by atoms with E-state index in [1.54, 1.807) is 0 Å². The van der Waals surface area contributed by atoms with Crippen molar-refractivity contribution in [3.05, 3.63) is 56.1 Å². The van der Waals surface area contributed by atoms with E-state index < -0.39 is 29.9 Å². The van der Waals surface area contributed by atoms with Gasteiger partial charge in [-0.3, -0.25) is 9.36 Å². The average Bonchev–Trinajstić information content (AvgIpc) is 2.78. The van der Waals surface area contributed by atoms with Gasteiger partial charge in [-0.05, 0) is 23.1 Å². The van der Waals surface area contributed by atoms with Gasteiger partial charge in [-0.25, -0.2) is 4.79 Å². The van der Waals surface area contributed by atoms with Crippen molar-refractivity contribution in [2.45, 2.75) is 12.7 Å². The number of thiophene rings is 1. The number of pyridine rings is 1. The first-order chi connectivity index (χ1) is 9.30. The van der Waals surface area contributed by atoms with Crippen LogP contribution in [0.15, 0.2) is 34.4 Å². The Morgan fingerprint density at radius 2 is 2.00 bits per heavy atom. The third-order valence-corrected chi connectivity index (χ3v) is 3.55. The predicted molar refractivity (Wildman–Crippen MR) is 66.1 cm³/mol. The van der Waals surface area contributed by atoms with Gasteiger partial charge < -0.3 is 5.11 Å². The number of hydrogen-bond donors (Lipinski definition) is 1. The maximum absolute atomic E-state index is 12.8. The van der Waals surface area contributed by atoms with Crippen molar-refractivity contribution in [3.8, 4) is 0 Å². The van der Waals surface area contributed by atoms with E-state index in [4.69, 9.17) is 5.11 Å². The third kappa shape index (κ3) is 2.74. The summed E-state index contributed by atoms with van der Waals surface area (Å²) in [6, 6.07) is 4.21. The van der Waals surface area contributed by atoms with Crippen LogP contribution >= 0.6 is 11.3 Å². The molecular weight excluding hydrogens is 295 g/mol. The van der Waals surface area contributed by atoms with Crippen LogP contribution < -0.4 is 5.56 Å². The molecule has 4 nitrogen and oxygen atoms in total. The molecule has 2 rings (SSSR count). The molecule has 0 fully saturated rings. The number of hydrogen-bond acceptors (Lipinski definition) is 3. The highest BCUT2D eigenvalue weighted by Gasteiger charge is 2.34. The van der Waals surface area contributed by atoms with E-state index in [2.05, 4.69) is 0 Å². The summed E-state index contributed by atoms with van der Waals surface area (Å²) in [6.07, 6.45) is -4.68. The molecule has 0 unspecified atom stereocenters. The van der Waals surface area contributed by atoms with Crippen LogP contribution in [0.5, 0.6) is 0 Å². The van der Waals surface area contributed by atoms with Gasteiger partial charge in [-0.2, -0.15) is 13.2 Å². The molecule has 2 aromatic rings. The van der Waals surface area contributed by atoms with Crippen LogP contribution in [-0.2, 0) is 12.7 Å². The third-order valence-electron chi connectivity index (χ3n) is 2.61. The Balaban J connectivity index is 2.51. The fourth-order valence-electron chi connectivity index (χ4n) is 1.75. The predicted octanol–water partition coefficient (Wildman–Crippen LogP) is 2.68. The fourth-order valence-corrected chi connectivity index (χ4v) is 2.50. The number of halogens is 3. The molecule has 2 aromatic heterocycles. The zero-order valence-corrected chi connectivity index (χ0v) is 10.7. The average molecular weight is 303 g/mol. The SMILES string of the molecule is O=C(O)c1sccc1Cn1c(C(F)(F)F)cccc1=O. The molecule has 0 saturated heterocycles. The first-order valence-corrected chi connectivity index (χ1v) is 6.25. The van der Waals surface area contributed by atoms with Gasteiger partial charge in [-0.1, -0.05) is 6.07 Å². The topological polar surface area (TPSA) is 59.3 Å². The van der Waals surface area contributed by atoms with E-state index in [0.717, 1.165) is 29.5 Å². The fraction of sp³-hybridized carbons (Fsp3) is 0.167. The van der Waals surface area contributed by atoms with Crippen LogP contribution in [0.4, 0.5) is 13.2 Å². The minimum Gasteiger partial charge on any atom is -0.477 e. The quantitative estimate of drug-likeness (QED) is 0.948. The summed E-state index contributed by atoms with van der Waals surface area (Å²) in [4.78, 5) is 22.5. The number of carbonyl (C=O) groups is 1. The molecule has 20 heavy (non-hydrogen) atoms. The highest BCUT2D eigenvalue weighted by Crippen LogP contribution is 2.29. The Hall–Kier alpha value is -2.09. The minimum atomic E-state index is -4.68. The van der Waals surface area contributed by atoms with E-state index in [9.17, 15) is 22.8 Å². The van der Waals surface area contributed by atoms with Crippen molar-refractivity contribution in [2.24, 2.45) is 0 Å². The first kappa shape index (κ1) is 14.3. The Morgan fingerprint density at radius 3 is 2.60 bits per heavy atom. The van der Waals surface area contributed by atoms with Gasteiger partial charge in [0.05, 0.1) is 6.54 Å². The molecule has 0 aliphatic heterocycles. The molecule has 106 valence electrons. The number of carboxylic acid groups (broad SMARTS) is 1. The van der Waals surface area contributed by atoms with E-state index >= 15 is 0 Å². The summed E-state index contributed by atoms with van der Waals surface area (Å²) in [5.74, 6) is -1.23. The summed E-state index contributed by atoms with van der Waals surface area (Å²) in [6.45, 7) is -0.431. The number of carboxylic acids is 1. The van der Waals surface area contributed by atoms with Crippen LogP contribution in [0.2, 0.25) is 0 Å². The second-order valence-corrected chi connectivity index (χ2v) is 4.83. The van der Waals surface area contributed by atoms with E-state index in [0.29, 0.717) is 4.57 Å². The molecule has 0 amide bonds. The maximum Gasteiger partial charge on any atom is 0.431 e. The van der Waals surface area contributed by atoms with E-state index in [1.165, 1.54) is 11.4 Å². The van der Waals surface area contributed by atoms with Gasteiger partial charge in [0, 0.05) is 6.07 Å². The summed E-state index contributed by atoms with van der Waals surface area (Å²) in [7, 11) is 0. The second kappa shape index (κ2) is 5.12. The van der Waals surface area contributed by atoms with Crippen LogP contribution in [-0.4, -0.2) is 15.6 Å². The second-order valence-electron chi connectivity index (χ2n) is 3.91. The lowest BCUT2D eigenvalue weighted by molar-refractivity contribution is -0.144. The molecule has 0 aliphatic carbocycles. The lowest BCUT2D eigenvalue weighted by Gasteiger charge is -2.14. The summed E-state index contributed by atoms with van der Waals surface area (Å²) >= 11 is 0.900. The molecule has 0 aliphatic rings. The van der Waals surface area contributed by atoms with Gasteiger partial charge in [0.1, 0.15) is 10.6 Å². The Bertz CT molecular complexity index is 702. The van der Waals surface area contributed by atoms with Gasteiger partial charge in [0.25, 0.3) is 5.56 Å². The zero-order chi connectivity index (χ0) is 14.9. The molecule has 0 bridgehead atoms. The number of aromatic carboxylic acids is 1. The highest BCUT2D eigenvalue weighted by atomic mass is 32.1. The number of aromatic nitrogens is 1. The van der Waals surface area contributed by atoms with Crippen molar-refractivity contribution in [1.82, 2.24) is 4.57 Å². The highest BCUT2D eigenvalue weighted by molar-refractivity contribution is 7.12. The standard InChI is InChI=1S/C12H8F3NO3S/c13-12(14,15)8-2-1-3-9(17)16(8)6-7-4-5-20-10(7)11(18)19/h1-5H,6H2,(H,18,19). The monoisotopic (exact) mass is 303 g/mol. The molecule has 2 heterocycles. The normalized spacial score (nSPS) is 11.6. The van der Waals surface area contributed by atoms with Gasteiger partial charge in [-0.15, -0.1) is 11.3 Å². The molecule has 0 atom stereocenters. The molecule has 1 N–H and O–H groups in total. The number of rotatable bonds is 3. The van der Waals surface area contributed by atoms with Crippen molar-refractivity contribution < 1.29 is 23.1 Å². The Labute approximate surface area is 114 Å². The first-order valence-electron chi connectivity index (χ1n) is 5.37. The van der Waals surface area contributed by atoms with Crippen molar-refractivity contribution in [1.29, 1.82) is 0 Å².